The molecule has 30 heavy (non-hydrogen) atoms. The summed E-state index contributed by atoms with van der Waals surface area (Å²) in [6, 6.07) is 17.5. The standard InChI is InChI=1S/C23H19NO4S2/c1-26-18-10-14(11-19(27-2)21(18)28-3)12-20-22(25)24(23(29)30-20)17-9-8-15-6-4-5-7-16(15)13-17/h4-13H,1-3H3. The van der Waals surface area contributed by atoms with E-state index >= 15 is 0 Å². The monoisotopic (exact) mass is 437 g/mol. The van der Waals surface area contributed by atoms with Crippen LogP contribution >= 0.6 is 24.0 Å². The van der Waals surface area contributed by atoms with Crippen molar-refractivity contribution in [3.63, 3.8) is 0 Å². The lowest BCUT2D eigenvalue weighted by molar-refractivity contribution is -0.113. The molecular weight excluding hydrogens is 418 g/mol. The predicted octanol–water partition coefficient (Wildman–Crippen LogP) is 5.27. The number of hydrogen-bond donors (Lipinski definition) is 0. The summed E-state index contributed by atoms with van der Waals surface area (Å²) in [5, 5.41) is 2.16. The minimum Gasteiger partial charge on any atom is -0.493 e. The second-order valence-electron chi connectivity index (χ2n) is 6.51. The van der Waals surface area contributed by atoms with Crippen molar-refractivity contribution in [3.05, 3.63) is 65.1 Å². The smallest absolute Gasteiger partial charge is 0.270 e. The molecule has 1 amide bonds. The van der Waals surface area contributed by atoms with Gasteiger partial charge in [0.25, 0.3) is 5.91 Å². The second-order valence-corrected chi connectivity index (χ2v) is 8.18. The lowest BCUT2D eigenvalue weighted by atomic mass is 10.1. The van der Waals surface area contributed by atoms with Gasteiger partial charge < -0.3 is 14.2 Å². The molecule has 0 N–H and O–H groups in total. The van der Waals surface area contributed by atoms with E-state index in [9.17, 15) is 4.79 Å². The number of nitrogens with zero attached hydrogens (tertiary/aromatic N) is 1. The van der Waals surface area contributed by atoms with Crippen molar-refractivity contribution in [2.75, 3.05) is 26.2 Å². The van der Waals surface area contributed by atoms with Crippen molar-refractivity contribution in [1.29, 1.82) is 0 Å². The van der Waals surface area contributed by atoms with Crippen LogP contribution in [0.15, 0.2) is 59.5 Å². The number of fused-ring (bicyclic) bond motifs is 1. The molecule has 3 aromatic carbocycles. The average Bonchev–Trinajstić information content (AvgIpc) is 3.05. The van der Waals surface area contributed by atoms with E-state index in [2.05, 4.69) is 0 Å². The molecule has 0 radical (unpaired) electrons. The second kappa shape index (κ2) is 8.38. The van der Waals surface area contributed by atoms with Gasteiger partial charge in [0.1, 0.15) is 0 Å². The number of carbonyl (C=O) groups excluding carboxylic acids is 1. The molecule has 0 aliphatic carbocycles. The van der Waals surface area contributed by atoms with Crippen LogP contribution in [-0.2, 0) is 4.79 Å². The number of carbonyl (C=O) groups is 1. The van der Waals surface area contributed by atoms with Crippen LogP contribution in [0.5, 0.6) is 17.2 Å². The van der Waals surface area contributed by atoms with Gasteiger partial charge in [-0.1, -0.05) is 54.3 Å². The number of thioether (sulfide) groups is 1. The predicted molar refractivity (Wildman–Crippen MR) is 126 cm³/mol. The minimum absolute atomic E-state index is 0.158. The van der Waals surface area contributed by atoms with Gasteiger partial charge in [0.15, 0.2) is 15.8 Å². The highest BCUT2D eigenvalue weighted by Crippen LogP contribution is 2.41. The van der Waals surface area contributed by atoms with Gasteiger partial charge in [-0.15, -0.1) is 0 Å². The molecule has 1 aliphatic heterocycles. The van der Waals surface area contributed by atoms with Crippen molar-refractivity contribution in [2.24, 2.45) is 0 Å². The van der Waals surface area contributed by atoms with E-state index in [1.165, 1.54) is 11.8 Å². The van der Waals surface area contributed by atoms with Gasteiger partial charge in [-0.25, -0.2) is 0 Å². The number of amides is 1. The van der Waals surface area contributed by atoms with Crippen LogP contribution in [0.2, 0.25) is 0 Å². The molecule has 0 spiro atoms. The fourth-order valence-electron chi connectivity index (χ4n) is 3.34. The zero-order valence-corrected chi connectivity index (χ0v) is 18.3. The highest BCUT2D eigenvalue weighted by Gasteiger charge is 2.33. The maximum absolute atomic E-state index is 13.2. The largest absolute Gasteiger partial charge is 0.493 e. The molecule has 1 fully saturated rings. The summed E-state index contributed by atoms with van der Waals surface area (Å²) in [6.07, 6.45) is 1.78. The van der Waals surface area contributed by atoms with Crippen LogP contribution in [0.1, 0.15) is 5.56 Å². The molecular formula is C23H19NO4S2. The van der Waals surface area contributed by atoms with Gasteiger partial charge in [-0.05, 0) is 46.7 Å². The van der Waals surface area contributed by atoms with Gasteiger partial charge in [0.05, 0.1) is 31.9 Å². The Morgan fingerprint density at radius 3 is 2.20 bits per heavy atom. The Morgan fingerprint density at radius 2 is 1.57 bits per heavy atom. The number of methoxy groups -OCH3 is 3. The Bertz CT molecular complexity index is 1160. The number of ether oxygens (including phenoxy) is 3. The maximum atomic E-state index is 13.2. The molecule has 1 heterocycles. The molecule has 1 saturated heterocycles. The van der Waals surface area contributed by atoms with E-state index in [4.69, 9.17) is 26.4 Å². The molecule has 3 aromatic rings. The highest BCUT2D eigenvalue weighted by atomic mass is 32.2. The Labute approximate surface area is 184 Å². The number of hydrogen-bond acceptors (Lipinski definition) is 6. The normalized spacial score (nSPS) is 15.2. The van der Waals surface area contributed by atoms with E-state index in [1.807, 2.05) is 42.5 Å². The van der Waals surface area contributed by atoms with E-state index in [0.29, 0.717) is 26.5 Å². The lowest BCUT2D eigenvalue weighted by Gasteiger charge is -2.15. The Hall–Kier alpha value is -3.03. The minimum atomic E-state index is -0.158. The van der Waals surface area contributed by atoms with Crippen molar-refractivity contribution in [3.8, 4) is 17.2 Å². The third kappa shape index (κ3) is 3.62. The summed E-state index contributed by atoms with van der Waals surface area (Å²) in [5.74, 6) is 1.39. The van der Waals surface area contributed by atoms with Crippen molar-refractivity contribution >= 4 is 56.7 Å². The van der Waals surface area contributed by atoms with Gasteiger partial charge >= 0.3 is 0 Å². The van der Waals surface area contributed by atoms with Gasteiger partial charge in [-0.2, -0.15) is 0 Å². The molecule has 0 atom stereocenters. The molecule has 0 aromatic heterocycles. The third-order valence-electron chi connectivity index (χ3n) is 4.77. The van der Waals surface area contributed by atoms with E-state index < -0.39 is 0 Å². The first-order valence-electron chi connectivity index (χ1n) is 9.12. The third-order valence-corrected chi connectivity index (χ3v) is 6.07. The summed E-state index contributed by atoms with van der Waals surface area (Å²) in [6.45, 7) is 0. The van der Waals surface area contributed by atoms with Gasteiger partial charge in [0.2, 0.25) is 5.75 Å². The number of thiocarbonyl (C=S) groups is 1. The summed E-state index contributed by atoms with van der Waals surface area (Å²) >= 11 is 6.78. The van der Waals surface area contributed by atoms with Crippen LogP contribution in [-0.4, -0.2) is 31.6 Å². The van der Waals surface area contributed by atoms with Crippen LogP contribution < -0.4 is 19.1 Å². The van der Waals surface area contributed by atoms with Crippen LogP contribution in [0.25, 0.3) is 16.8 Å². The Balaban J connectivity index is 1.71. The first kappa shape index (κ1) is 20.3. The number of benzene rings is 3. The van der Waals surface area contributed by atoms with E-state index in [1.54, 1.807) is 44.4 Å². The van der Waals surface area contributed by atoms with Crippen molar-refractivity contribution in [1.82, 2.24) is 0 Å². The zero-order valence-electron chi connectivity index (χ0n) is 16.7. The molecule has 0 saturated carbocycles. The SMILES string of the molecule is COc1cc(C=C2SC(=S)N(c3ccc4ccccc4c3)C2=O)cc(OC)c1OC. The Kier molecular flexibility index (Phi) is 5.65. The summed E-state index contributed by atoms with van der Waals surface area (Å²) in [4.78, 5) is 15.2. The quantitative estimate of drug-likeness (QED) is 0.400. The van der Waals surface area contributed by atoms with E-state index in [-0.39, 0.29) is 5.91 Å². The van der Waals surface area contributed by atoms with E-state index in [0.717, 1.165) is 22.0 Å². The molecule has 0 bridgehead atoms. The van der Waals surface area contributed by atoms with Crippen LogP contribution in [0.4, 0.5) is 5.69 Å². The fourth-order valence-corrected chi connectivity index (χ4v) is 4.64. The number of rotatable bonds is 5. The molecule has 4 rings (SSSR count). The first-order chi connectivity index (χ1) is 14.5. The average molecular weight is 438 g/mol. The molecule has 152 valence electrons. The topological polar surface area (TPSA) is 48.0 Å². The summed E-state index contributed by atoms with van der Waals surface area (Å²) < 4.78 is 16.7. The molecule has 5 nitrogen and oxygen atoms in total. The zero-order chi connectivity index (χ0) is 21.3. The van der Waals surface area contributed by atoms with Crippen molar-refractivity contribution in [2.45, 2.75) is 0 Å². The van der Waals surface area contributed by atoms with Crippen molar-refractivity contribution < 1.29 is 19.0 Å². The summed E-state index contributed by atoms with van der Waals surface area (Å²) in [7, 11) is 4.66. The molecule has 1 aliphatic rings. The van der Waals surface area contributed by atoms with Gasteiger partial charge in [0, 0.05) is 0 Å². The molecule has 7 heteroatoms. The van der Waals surface area contributed by atoms with Crippen LogP contribution in [0.3, 0.4) is 0 Å². The lowest BCUT2D eigenvalue weighted by Crippen LogP contribution is -2.27. The van der Waals surface area contributed by atoms with Gasteiger partial charge in [-0.3, -0.25) is 9.69 Å². The first-order valence-corrected chi connectivity index (χ1v) is 10.3. The highest BCUT2D eigenvalue weighted by molar-refractivity contribution is 8.27. The molecule has 0 unspecified atom stereocenters. The summed E-state index contributed by atoms with van der Waals surface area (Å²) in [5.41, 5.74) is 1.51. The fraction of sp³-hybridized carbons (Fsp3) is 0.130. The Morgan fingerprint density at radius 1 is 0.900 bits per heavy atom. The number of anilines is 1. The maximum Gasteiger partial charge on any atom is 0.270 e. The van der Waals surface area contributed by atoms with Crippen LogP contribution in [0, 0.1) is 0 Å².